The number of halogens is 2. The number of hydrogen-bond acceptors (Lipinski definition) is 4. The predicted octanol–water partition coefficient (Wildman–Crippen LogP) is 3.35. The maximum absolute atomic E-state index is 13.6. The van der Waals surface area contributed by atoms with Crippen LogP contribution in [0.15, 0.2) is 48.5 Å². The van der Waals surface area contributed by atoms with E-state index in [2.05, 4.69) is 10.6 Å². The second kappa shape index (κ2) is 11.0. The number of carbonyl (C=O) groups is 3. The van der Waals surface area contributed by atoms with Crippen molar-refractivity contribution in [3.63, 3.8) is 0 Å². The molecule has 0 aliphatic carbocycles. The first-order valence-electron chi connectivity index (χ1n) is 8.84. The van der Waals surface area contributed by atoms with Gasteiger partial charge in [0.25, 0.3) is 5.91 Å². The minimum Gasteiger partial charge on any atom is -0.452 e. The standard InChI is InChI=1S/C21H20ClFN2O4/c1-2-14-6-3-4-9-18(14)25-19(26)12-24-20(27)13-29-21(28)11-10-15-16(22)7-5-8-17(15)23/h3-11H,2,12-13H2,1H3,(H,24,27)(H,25,26)/b11-10+. The number of anilines is 1. The van der Waals surface area contributed by atoms with Crippen molar-refractivity contribution in [3.8, 4) is 0 Å². The summed E-state index contributed by atoms with van der Waals surface area (Å²) in [4.78, 5) is 35.3. The van der Waals surface area contributed by atoms with Gasteiger partial charge in [-0.1, -0.05) is 42.8 Å². The van der Waals surface area contributed by atoms with Crippen LogP contribution in [0.2, 0.25) is 5.02 Å². The van der Waals surface area contributed by atoms with Crippen LogP contribution in [0.3, 0.4) is 0 Å². The molecule has 29 heavy (non-hydrogen) atoms. The quantitative estimate of drug-likeness (QED) is 0.508. The molecule has 2 rings (SSSR count). The molecule has 2 N–H and O–H groups in total. The second-order valence-corrected chi connectivity index (χ2v) is 6.32. The van der Waals surface area contributed by atoms with Crippen LogP contribution in [0, 0.1) is 5.82 Å². The van der Waals surface area contributed by atoms with Gasteiger partial charge in [-0.25, -0.2) is 9.18 Å². The molecule has 2 amide bonds. The summed E-state index contributed by atoms with van der Waals surface area (Å²) in [6, 6.07) is 11.5. The molecule has 0 saturated carbocycles. The molecule has 0 fully saturated rings. The summed E-state index contributed by atoms with van der Waals surface area (Å²) in [7, 11) is 0. The van der Waals surface area contributed by atoms with E-state index in [-0.39, 0.29) is 17.1 Å². The average Bonchev–Trinajstić information content (AvgIpc) is 2.70. The topological polar surface area (TPSA) is 84.5 Å². The summed E-state index contributed by atoms with van der Waals surface area (Å²) < 4.78 is 18.4. The van der Waals surface area contributed by atoms with Gasteiger partial charge in [0.2, 0.25) is 5.91 Å². The fourth-order valence-electron chi connectivity index (χ4n) is 2.38. The lowest BCUT2D eigenvalue weighted by Gasteiger charge is -2.10. The maximum atomic E-state index is 13.6. The molecule has 0 bridgehead atoms. The summed E-state index contributed by atoms with van der Waals surface area (Å²) in [5, 5.41) is 5.21. The van der Waals surface area contributed by atoms with E-state index in [0.717, 1.165) is 24.1 Å². The van der Waals surface area contributed by atoms with Crippen LogP contribution in [0.5, 0.6) is 0 Å². The number of para-hydroxylation sites is 1. The number of carbonyl (C=O) groups excluding carboxylic acids is 3. The molecule has 0 aromatic heterocycles. The molecular formula is C21H20ClFN2O4. The van der Waals surface area contributed by atoms with Gasteiger partial charge >= 0.3 is 5.97 Å². The van der Waals surface area contributed by atoms with E-state index in [1.807, 2.05) is 19.1 Å². The summed E-state index contributed by atoms with van der Waals surface area (Å²) in [5.41, 5.74) is 1.69. The third-order valence-corrected chi connectivity index (χ3v) is 4.18. The number of benzene rings is 2. The Morgan fingerprint density at radius 1 is 1.10 bits per heavy atom. The smallest absolute Gasteiger partial charge is 0.331 e. The van der Waals surface area contributed by atoms with Crippen LogP contribution in [-0.2, 0) is 25.5 Å². The molecular weight excluding hydrogens is 399 g/mol. The maximum Gasteiger partial charge on any atom is 0.331 e. The summed E-state index contributed by atoms with van der Waals surface area (Å²) in [5.74, 6) is -2.48. The molecule has 0 unspecified atom stereocenters. The lowest BCUT2D eigenvalue weighted by atomic mass is 10.1. The fraction of sp³-hybridized carbons (Fsp3) is 0.190. The molecule has 8 heteroatoms. The van der Waals surface area contributed by atoms with E-state index in [1.54, 1.807) is 12.1 Å². The van der Waals surface area contributed by atoms with Crippen LogP contribution in [0.4, 0.5) is 10.1 Å². The van der Waals surface area contributed by atoms with Crippen LogP contribution in [0.1, 0.15) is 18.1 Å². The van der Waals surface area contributed by atoms with Gasteiger partial charge in [-0.05, 0) is 36.3 Å². The highest BCUT2D eigenvalue weighted by Crippen LogP contribution is 2.20. The molecule has 0 saturated heterocycles. The molecule has 0 aliphatic rings. The highest BCUT2D eigenvalue weighted by molar-refractivity contribution is 6.32. The van der Waals surface area contributed by atoms with E-state index in [9.17, 15) is 18.8 Å². The minimum atomic E-state index is -0.846. The first kappa shape index (κ1) is 22.1. The monoisotopic (exact) mass is 418 g/mol. The van der Waals surface area contributed by atoms with Crippen molar-refractivity contribution >= 4 is 41.1 Å². The molecule has 6 nitrogen and oxygen atoms in total. The molecule has 0 radical (unpaired) electrons. The van der Waals surface area contributed by atoms with Gasteiger partial charge in [-0.3, -0.25) is 9.59 Å². The number of hydrogen-bond donors (Lipinski definition) is 2. The van der Waals surface area contributed by atoms with Gasteiger partial charge in [0, 0.05) is 17.3 Å². The van der Waals surface area contributed by atoms with Crippen molar-refractivity contribution in [2.75, 3.05) is 18.5 Å². The van der Waals surface area contributed by atoms with Gasteiger partial charge in [-0.15, -0.1) is 0 Å². The van der Waals surface area contributed by atoms with Crippen molar-refractivity contribution in [2.24, 2.45) is 0 Å². The van der Waals surface area contributed by atoms with Crippen LogP contribution in [0.25, 0.3) is 6.08 Å². The Morgan fingerprint density at radius 2 is 1.86 bits per heavy atom. The Kier molecular flexibility index (Phi) is 8.36. The Hall–Kier alpha value is -3.19. The second-order valence-electron chi connectivity index (χ2n) is 5.91. The van der Waals surface area contributed by atoms with E-state index in [4.69, 9.17) is 16.3 Å². The Labute approximate surface area is 172 Å². The highest BCUT2D eigenvalue weighted by atomic mass is 35.5. The normalized spacial score (nSPS) is 10.6. The van der Waals surface area contributed by atoms with Crippen molar-refractivity contribution in [3.05, 3.63) is 70.5 Å². The van der Waals surface area contributed by atoms with Crippen LogP contribution < -0.4 is 10.6 Å². The Bertz CT molecular complexity index is 910. The molecule has 0 atom stereocenters. The summed E-state index contributed by atoms with van der Waals surface area (Å²) in [6.45, 7) is 1.12. The number of nitrogens with one attached hydrogen (secondary N) is 2. The van der Waals surface area contributed by atoms with Gasteiger partial charge < -0.3 is 15.4 Å². The zero-order valence-electron chi connectivity index (χ0n) is 15.7. The molecule has 2 aromatic carbocycles. The first-order chi connectivity index (χ1) is 13.9. The largest absolute Gasteiger partial charge is 0.452 e. The lowest BCUT2D eigenvalue weighted by molar-refractivity contribution is -0.143. The highest BCUT2D eigenvalue weighted by Gasteiger charge is 2.10. The molecule has 0 aliphatic heterocycles. The zero-order chi connectivity index (χ0) is 21.2. The average molecular weight is 419 g/mol. The first-order valence-corrected chi connectivity index (χ1v) is 9.21. The fourth-order valence-corrected chi connectivity index (χ4v) is 2.61. The zero-order valence-corrected chi connectivity index (χ0v) is 16.5. The molecule has 152 valence electrons. The molecule has 0 spiro atoms. The third-order valence-electron chi connectivity index (χ3n) is 3.85. The third kappa shape index (κ3) is 7.04. The van der Waals surface area contributed by atoms with E-state index in [1.165, 1.54) is 18.2 Å². The molecule has 0 heterocycles. The van der Waals surface area contributed by atoms with Crippen molar-refractivity contribution < 1.29 is 23.5 Å². The summed E-state index contributed by atoms with van der Waals surface area (Å²) in [6.07, 6.45) is 2.88. The number of ether oxygens (including phenoxy) is 1. The van der Waals surface area contributed by atoms with E-state index < -0.39 is 30.2 Å². The number of amides is 2. The van der Waals surface area contributed by atoms with Crippen molar-refractivity contribution in [1.82, 2.24) is 5.32 Å². The van der Waals surface area contributed by atoms with Gasteiger partial charge in [0.1, 0.15) is 5.82 Å². The number of aryl methyl sites for hydroxylation is 1. The Morgan fingerprint density at radius 3 is 2.59 bits per heavy atom. The van der Waals surface area contributed by atoms with Gasteiger partial charge in [-0.2, -0.15) is 0 Å². The Balaban J connectivity index is 1.76. The SMILES string of the molecule is CCc1ccccc1NC(=O)CNC(=O)COC(=O)/C=C/c1c(F)cccc1Cl. The van der Waals surface area contributed by atoms with Crippen LogP contribution >= 0.6 is 11.6 Å². The lowest BCUT2D eigenvalue weighted by Crippen LogP contribution is -2.35. The van der Waals surface area contributed by atoms with Gasteiger partial charge in [0.05, 0.1) is 11.6 Å². The number of rotatable bonds is 8. The van der Waals surface area contributed by atoms with Crippen molar-refractivity contribution in [2.45, 2.75) is 13.3 Å². The summed E-state index contributed by atoms with van der Waals surface area (Å²) >= 11 is 5.84. The number of esters is 1. The van der Waals surface area contributed by atoms with Gasteiger partial charge in [0.15, 0.2) is 6.61 Å². The van der Waals surface area contributed by atoms with Crippen LogP contribution in [-0.4, -0.2) is 30.9 Å². The van der Waals surface area contributed by atoms with E-state index in [0.29, 0.717) is 5.69 Å². The predicted molar refractivity (Wildman–Crippen MR) is 109 cm³/mol. The molecule has 2 aromatic rings. The minimum absolute atomic E-state index is 0.0413. The van der Waals surface area contributed by atoms with E-state index >= 15 is 0 Å². The van der Waals surface area contributed by atoms with Crippen molar-refractivity contribution in [1.29, 1.82) is 0 Å².